The molecule has 0 bridgehead atoms. The summed E-state index contributed by atoms with van der Waals surface area (Å²) in [6.07, 6.45) is 0.328. The van der Waals surface area contributed by atoms with Crippen LogP contribution in [0.2, 0.25) is 0 Å². The van der Waals surface area contributed by atoms with Crippen LogP contribution >= 0.6 is 0 Å². The maximum Gasteiger partial charge on any atom is 0.312 e. The Morgan fingerprint density at radius 3 is 2.41 bits per heavy atom. The van der Waals surface area contributed by atoms with E-state index in [1.165, 1.54) is 5.01 Å². The molecule has 1 N–H and O–H groups in total. The highest BCUT2D eigenvalue weighted by Crippen LogP contribution is 2.33. The van der Waals surface area contributed by atoms with Crippen molar-refractivity contribution in [2.45, 2.75) is 18.9 Å². The van der Waals surface area contributed by atoms with Gasteiger partial charge in [0.2, 0.25) is 0 Å². The Kier molecular flexibility index (Phi) is 6.76. The minimum Gasteiger partial charge on any atom is -0.497 e. The highest BCUT2D eigenvalue weighted by atomic mass is 16.5. The van der Waals surface area contributed by atoms with E-state index < -0.39 is 18.5 Å². The van der Waals surface area contributed by atoms with E-state index in [4.69, 9.17) is 9.47 Å². The van der Waals surface area contributed by atoms with Crippen LogP contribution in [0.25, 0.3) is 10.8 Å². The van der Waals surface area contributed by atoms with E-state index in [0.29, 0.717) is 28.6 Å². The van der Waals surface area contributed by atoms with Gasteiger partial charge in [-0.05, 0) is 29.3 Å². The third kappa shape index (κ3) is 5.11. The Hall–Kier alpha value is -4.79. The molecule has 0 fully saturated rings. The van der Waals surface area contributed by atoms with Crippen molar-refractivity contribution >= 4 is 28.4 Å². The largest absolute Gasteiger partial charge is 0.497 e. The Balaban J connectivity index is 1.32. The summed E-state index contributed by atoms with van der Waals surface area (Å²) in [6.45, 7) is -0.474. The number of benzene rings is 3. The van der Waals surface area contributed by atoms with E-state index in [-0.39, 0.29) is 18.0 Å². The number of hydrogen-bond acceptors (Lipinski definition) is 7. The van der Waals surface area contributed by atoms with Crippen LogP contribution in [0, 0.1) is 0 Å². The molecule has 1 aliphatic rings. The van der Waals surface area contributed by atoms with Gasteiger partial charge in [0.15, 0.2) is 6.61 Å². The van der Waals surface area contributed by atoms with Crippen molar-refractivity contribution in [3.05, 3.63) is 106 Å². The fraction of sp³-hybridized carbons (Fsp3) is 0.179. The quantitative estimate of drug-likeness (QED) is 0.393. The Labute approximate surface area is 212 Å². The summed E-state index contributed by atoms with van der Waals surface area (Å²) in [4.78, 5) is 37.8. The summed E-state index contributed by atoms with van der Waals surface area (Å²) < 4.78 is 10.6. The van der Waals surface area contributed by atoms with Crippen LogP contribution in [-0.2, 0) is 20.7 Å². The molecule has 5 rings (SSSR count). The molecule has 1 amide bonds. The third-order valence-electron chi connectivity index (χ3n) is 6.22. The van der Waals surface area contributed by atoms with E-state index >= 15 is 0 Å². The Morgan fingerprint density at radius 1 is 0.973 bits per heavy atom. The number of H-pyrrole nitrogens is 1. The number of methoxy groups -OCH3 is 1. The first-order valence-electron chi connectivity index (χ1n) is 11.7. The molecule has 0 unspecified atom stereocenters. The molecule has 0 saturated carbocycles. The average molecular weight is 497 g/mol. The molecule has 0 aliphatic carbocycles. The second-order valence-electron chi connectivity index (χ2n) is 8.53. The maximum atomic E-state index is 13.2. The number of rotatable bonds is 7. The van der Waals surface area contributed by atoms with Gasteiger partial charge in [0, 0.05) is 11.8 Å². The number of nitrogens with zero attached hydrogens (tertiary/aromatic N) is 3. The zero-order valence-electron chi connectivity index (χ0n) is 20.1. The van der Waals surface area contributed by atoms with Gasteiger partial charge in [-0.1, -0.05) is 60.7 Å². The molecule has 9 heteroatoms. The van der Waals surface area contributed by atoms with E-state index in [0.717, 1.165) is 16.8 Å². The van der Waals surface area contributed by atoms with Crippen molar-refractivity contribution in [2.24, 2.45) is 5.10 Å². The van der Waals surface area contributed by atoms with Gasteiger partial charge in [-0.25, -0.2) is 10.1 Å². The lowest BCUT2D eigenvalue weighted by Gasteiger charge is -2.22. The van der Waals surface area contributed by atoms with Crippen molar-refractivity contribution in [2.75, 3.05) is 13.7 Å². The topological polar surface area (TPSA) is 114 Å². The third-order valence-corrected chi connectivity index (χ3v) is 6.22. The highest BCUT2D eigenvalue weighted by molar-refractivity contribution is 6.03. The van der Waals surface area contributed by atoms with Gasteiger partial charge in [0.05, 0.1) is 36.4 Å². The lowest BCUT2D eigenvalue weighted by atomic mass is 9.98. The average Bonchev–Trinajstić information content (AvgIpc) is 3.40. The fourth-order valence-electron chi connectivity index (χ4n) is 4.33. The minimum atomic E-state index is -0.634. The number of aromatic nitrogens is 2. The van der Waals surface area contributed by atoms with E-state index in [2.05, 4.69) is 15.3 Å². The van der Waals surface area contributed by atoms with Gasteiger partial charge in [0.25, 0.3) is 11.5 Å². The molecule has 4 aromatic rings. The smallest absolute Gasteiger partial charge is 0.312 e. The number of carbonyl (C=O) groups is 2. The number of carbonyl (C=O) groups excluding carboxylic acids is 2. The predicted molar refractivity (Wildman–Crippen MR) is 137 cm³/mol. The first-order chi connectivity index (χ1) is 18.0. The molecular weight excluding hydrogens is 472 g/mol. The van der Waals surface area contributed by atoms with Gasteiger partial charge in [-0.3, -0.25) is 14.4 Å². The maximum absolute atomic E-state index is 13.2. The van der Waals surface area contributed by atoms with Crippen molar-refractivity contribution < 1.29 is 19.1 Å². The number of ether oxygens (including phenoxy) is 2. The van der Waals surface area contributed by atoms with E-state index in [1.54, 1.807) is 31.4 Å². The second kappa shape index (κ2) is 10.4. The van der Waals surface area contributed by atoms with Gasteiger partial charge >= 0.3 is 5.97 Å². The number of fused-ring (bicyclic) bond motifs is 1. The number of esters is 1. The SMILES string of the molecule is COc1ccc([C@H]2CC(c3ccccc3)=NN2C(=O)COC(=O)Cc2n[nH]c(=O)c3ccccc23)cc1. The molecular formula is C28H24N4O5. The van der Waals surface area contributed by atoms with Gasteiger partial charge in [-0.2, -0.15) is 10.2 Å². The molecule has 0 spiro atoms. The standard InChI is InChI=1S/C28H24N4O5/c1-36-20-13-11-19(12-14-20)25-15-23(18-7-3-2-4-8-18)31-32(25)26(33)17-37-27(34)16-24-21-9-5-6-10-22(21)28(35)30-29-24/h2-14,25H,15-17H2,1H3,(H,30,35)/t25-/m1/s1. The summed E-state index contributed by atoms with van der Waals surface area (Å²) in [5, 5.41) is 13.4. The predicted octanol–water partition coefficient (Wildman–Crippen LogP) is 3.40. The van der Waals surface area contributed by atoms with Crippen LogP contribution in [0.3, 0.4) is 0 Å². The molecule has 1 atom stereocenters. The monoisotopic (exact) mass is 496 g/mol. The van der Waals surface area contributed by atoms with Crippen molar-refractivity contribution in [3.8, 4) is 5.75 Å². The van der Waals surface area contributed by atoms with Crippen LogP contribution in [-0.4, -0.2) is 46.5 Å². The summed E-state index contributed by atoms with van der Waals surface area (Å²) >= 11 is 0. The number of nitrogens with one attached hydrogen (secondary N) is 1. The van der Waals surface area contributed by atoms with E-state index in [9.17, 15) is 14.4 Å². The van der Waals surface area contributed by atoms with Crippen LogP contribution in [0.15, 0.2) is 88.8 Å². The first kappa shape index (κ1) is 23.9. The molecule has 1 aliphatic heterocycles. The van der Waals surface area contributed by atoms with Gasteiger partial charge in [0.1, 0.15) is 5.75 Å². The molecule has 37 heavy (non-hydrogen) atoms. The van der Waals surface area contributed by atoms with Crippen molar-refractivity contribution in [1.82, 2.24) is 15.2 Å². The second-order valence-corrected chi connectivity index (χ2v) is 8.53. The molecule has 3 aromatic carbocycles. The lowest BCUT2D eigenvalue weighted by molar-refractivity contribution is -0.152. The van der Waals surface area contributed by atoms with Crippen molar-refractivity contribution in [1.29, 1.82) is 0 Å². The zero-order valence-corrected chi connectivity index (χ0v) is 20.1. The summed E-state index contributed by atoms with van der Waals surface area (Å²) in [7, 11) is 1.59. The Morgan fingerprint density at radius 2 is 1.68 bits per heavy atom. The molecule has 0 radical (unpaired) electrons. The molecule has 186 valence electrons. The van der Waals surface area contributed by atoms with Crippen LogP contribution in [0.4, 0.5) is 0 Å². The zero-order chi connectivity index (χ0) is 25.8. The van der Waals surface area contributed by atoms with Crippen LogP contribution in [0.1, 0.15) is 29.3 Å². The van der Waals surface area contributed by atoms with E-state index in [1.807, 2.05) is 54.6 Å². The molecule has 2 heterocycles. The highest BCUT2D eigenvalue weighted by Gasteiger charge is 2.33. The van der Waals surface area contributed by atoms with Crippen molar-refractivity contribution in [3.63, 3.8) is 0 Å². The van der Waals surface area contributed by atoms with Crippen LogP contribution in [0.5, 0.6) is 5.75 Å². The van der Waals surface area contributed by atoms with Gasteiger partial charge < -0.3 is 9.47 Å². The summed E-state index contributed by atoms with van der Waals surface area (Å²) in [6, 6.07) is 23.6. The van der Waals surface area contributed by atoms with Crippen LogP contribution < -0.4 is 10.3 Å². The summed E-state index contributed by atoms with van der Waals surface area (Å²) in [5.41, 5.74) is 2.61. The number of hydrazone groups is 1. The Bertz CT molecular complexity index is 1530. The molecule has 9 nitrogen and oxygen atoms in total. The fourth-order valence-corrected chi connectivity index (χ4v) is 4.33. The molecule has 0 saturated heterocycles. The molecule has 1 aromatic heterocycles. The van der Waals surface area contributed by atoms with Gasteiger partial charge in [-0.15, -0.1) is 0 Å². The number of hydrogen-bond donors (Lipinski definition) is 1. The number of aromatic amines is 1. The summed E-state index contributed by atoms with van der Waals surface area (Å²) in [5.74, 6) is -0.369. The first-order valence-corrected chi connectivity index (χ1v) is 11.7. The number of amides is 1. The lowest BCUT2D eigenvalue weighted by Crippen LogP contribution is -2.31. The minimum absolute atomic E-state index is 0.189. The normalized spacial score (nSPS) is 14.9.